The van der Waals surface area contributed by atoms with Gasteiger partial charge < -0.3 is 10.3 Å². The van der Waals surface area contributed by atoms with Crippen LogP contribution < -0.4 is 5.32 Å². The number of aromatic amines is 1. The number of aryl methyl sites for hydroxylation is 1. The summed E-state index contributed by atoms with van der Waals surface area (Å²) in [5.41, 5.74) is 2.28. The highest BCUT2D eigenvalue weighted by Gasteiger charge is 2.35. The summed E-state index contributed by atoms with van der Waals surface area (Å²) in [6, 6.07) is 7.47. The first-order valence-electron chi connectivity index (χ1n) is 7.11. The highest BCUT2D eigenvalue weighted by molar-refractivity contribution is 6.63. The molecule has 3 rings (SSSR count). The number of halogens is 2. The maximum atomic E-state index is 12.9. The van der Waals surface area contributed by atoms with Gasteiger partial charge in [-0.2, -0.15) is 0 Å². The van der Waals surface area contributed by atoms with Gasteiger partial charge in [0.15, 0.2) is 0 Å². The van der Waals surface area contributed by atoms with E-state index in [4.69, 9.17) is 29.6 Å². The molecule has 1 aromatic heterocycles. The zero-order valence-electron chi connectivity index (χ0n) is 12.7. The Hall–Kier alpha value is -2.48. The van der Waals surface area contributed by atoms with Gasteiger partial charge in [0, 0.05) is 22.2 Å². The highest BCUT2D eigenvalue weighted by atomic mass is 35.5. The smallest absolute Gasteiger partial charge is 0.218 e. The third-order valence-corrected chi connectivity index (χ3v) is 4.52. The second kappa shape index (κ2) is 6.20. The molecule has 1 aliphatic carbocycles. The Morgan fingerprint density at radius 2 is 1.88 bits per heavy atom. The van der Waals surface area contributed by atoms with Gasteiger partial charge in [0.25, 0.3) is 0 Å². The summed E-state index contributed by atoms with van der Waals surface area (Å²) in [6.45, 7) is 1.89. The first-order chi connectivity index (χ1) is 11.5. The van der Waals surface area contributed by atoms with Gasteiger partial charge in [0.2, 0.25) is 11.6 Å². The van der Waals surface area contributed by atoms with Crippen molar-refractivity contribution in [1.29, 1.82) is 0 Å². The van der Waals surface area contributed by atoms with Crippen LogP contribution in [-0.4, -0.2) is 23.1 Å². The Bertz CT molecular complexity index is 990. The van der Waals surface area contributed by atoms with Crippen molar-refractivity contribution in [2.45, 2.75) is 6.92 Å². The Morgan fingerprint density at radius 1 is 1.17 bits per heavy atom. The molecule has 1 aromatic carbocycles. The van der Waals surface area contributed by atoms with Crippen molar-refractivity contribution in [2.24, 2.45) is 0 Å². The molecule has 120 valence electrons. The number of terminal acetylenes is 1. The van der Waals surface area contributed by atoms with Gasteiger partial charge in [-0.15, -0.1) is 6.42 Å². The minimum Gasteiger partial charge on any atom is -0.370 e. The molecule has 0 atom stereocenters. The summed E-state index contributed by atoms with van der Waals surface area (Å²) in [7, 11) is 0. The number of hydrogen-bond acceptors (Lipinski definition) is 3. The van der Waals surface area contributed by atoms with Gasteiger partial charge in [-0.1, -0.05) is 47.3 Å². The van der Waals surface area contributed by atoms with E-state index in [9.17, 15) is 9.59 Å². The molecule has 2 N–H and O–H groups in total. The number of carbonyl (C=O) groups is 2. The fraction of sp³-hybridized carbons (Fsp3) is 0.111. The summed E-state index contributed by atoms with van der Waals surface area (Å²) < 4.78 is 0. The monoisotopic (exact) mass is 358 g/mol. The normalized spacial score (nSPS) is 15.2. The molecular formula is C18H12Cl2N2O2. The van der Waals surface area contributed by atoms with E-state index in [1.807, 2.05) is 31.2 Å². The van der Waals surface area contributed by atoms with Crippen LogP contribution in [0, 0.1) is 19.3 Å². The number of nitrogens with one attached hydrogen (secondary N) is 2. The lowest BCUT2D eigenvalue weighted by atomic mass is 9.91. The quantitative estimate of drug-likeness (QED) is 0.653. The molecule has 1 heterocycles. The van der Waals surface area contributed by atoms with Gasteiger partial charge in [-0.25, -0.2) is 0 Å². The van der Waals surface area contributed by atoms with Crippen molar-refractivity contribution in [3.8, 4) is 12.3 Å². The van der Waals surface area contributed by atoms with E-state index in [1.165, 1.54) is 0 Å². The number of rotatable bonds is 3. The van der Waals surface area contributed by atoms with Crippen molar-refractivity contribution in [1.82, 2.24) is 10.3 Å². The number of para-hydroxylation sites is 1. The van der Waals surface area contributed by atoms with Gasteiger partial charge in [-0.05, 0) is 13.0 Å². The fourth-order valence-corrected chi connectivity index (χ4v) is 3.34. The summed E-state index contributed by atoms with van der Waals surface area (Å²) in [5.74, 6) is 1.30. The molecule has 0 saturated heterocycles. The van der Waals surface area contributed by atoms with E-state index in [2.05, 4.69) is 16.2 Å². The second-order valence-corrected chi connectivity index (χ2v) is 6.02. The molecule has 6 heteroatoms. The van der Waals surface area contributed by atoms with Gasteiger partial charge in [-0.3, -0.25) is 9.59 Å². The minimum absolute atomic E-state index is 0.0244. The zero-order chi connectivity index (χ0) is 17.4. The van der Waals surface area contributed by atoms with Crippen molar-refractivity contribution in [3.05, 3.63) is 51.3 Å². The van der Waals surface area contributed by atoms with E-state index < -0.39 is 11.6 Å². The molecule has 1 aliphatic rings. The molecule has 0 aliphatic heterocycles. The average molecular weight is 359 g/mol. The van der Waals surface area contributed by atoms with Gasteiger partial charge in [0.05, 0.1) is 12.1 Å². The predicted octanol–water partition coefficient (Wildman–Crippen LogP) is 3.25. The maximum absolute atomic E-state index is 12.9. The van der Waals surface area contributed by atoms with Crippen LogP contribution in [0.1, 0.15) is 11.3 Å². The minimum atomic E-state index is -0.600. The number of aromatic nitrogens is 1. The third kappa shape index (κ3) is 2.43. The molecule has 0 unspecified atom stereocenters. The van der Waals surface area contributed by atoms with E-state index in [0.717, 1.165) is 16.6 Å². The molecule has 0 fully saturated rings. The number of ketones is 2. The summed E-state index contributed by atoms with van der Waals surface area (Å²) in [4.78, 5) is 28.5. The zero-order valence-corrected chi connectivity index (χ0v) is 14.2. The first kappa shape index (κ1) is 16.4. The first-order valence-corrected chi connectivity index (χ1v) is 7.87. The van der Waals surface area contributed by atoms with Crippen molar-refractivity contribution < 1.29 is 9.59 Å². The van der Waals surface area contributed by atoms with Crippen LogP contribution in [0.4, 0.5) is 0 Å². The predicted molar refractivity (Wildman–Crippen MR) is 95.5 cm³/mol. The van der Waals surface area contributed by atoms with E-state index in [0.29, 0.717) is 5.56 Å². The molecule has 0 amide bonds. The topological polar surface area (TPSA) is 62.0 Å². The standard InChI is InChI=1S/C18H12Cl2N2O2/c1-3-8-21-16-15(20)18(24)14(19)13(17(16)23)12-9(2)22-11-7-5-4-6-10(11)12/h1,4-7,21-22H,8H2,2H3. The van der Waals surface area contributed by atoms with Crippen LogP contribution in [-0.2, 0) is 9.59 Å². The summed E-state index contributed by atoms with van der Waals surface area (Å²) in [6.07, 6.45) is 5.21. The number of carbonyl (C=O) groups excluding carboxylic acids is 2. The third-order valence-electron chi connectivity index (χ3n) is 3.80. The largest absolute Gasteiger partial charge is 0.370 e. The molecule has 0 spiro atoms. The molecule has 4 nitrogen and oxygen atoms in total. The van der Waals surface area contributed by atoms with Crippen LogP contribution in [0.15, 0.2) is 40.0 Å². The van der Waals surface area contributed by atoms with Crippen LogP contribution in [0.25, 0.3) is 16.5 Å². The Morgan fingerprint density at radius 3 is 2.58 bits per heavy atom. The number of Topliss-reactive ketones (excluding diaryl/α,β-unsaturated/α-hetero) is 2. The molecule has 2 aromatic rings. The number of allylic oxidation sites excluding steroid dienone is 3. The van der Waals surface area contributed by atoms with Crippen molar-refractivity contribution in [3.63, 3.8) is 0 Å². The molecule has 0 radical (unpaired) electrons. The number of hydrogen-bond donors (Lipinski definition) is 2. The lowest BCUT2D eigenvalue weighted by molar-refractivity contribution is -0.114. The molecule has 0 saturated carbocycles. The van der Waals surface area contributed by atoms with E-state index >= 15 is 0 Å². The SMILES string of the molecule is C#CCNC1=C(Cl)C(=O)C(Cl)=C(c2c(C)[nH]c3ccccc23)C1=O. The number of fused-ring (bicyclic) bond motifs is 1. The van der Waals surface area contributed by atoms with Gasteiger partial charge in [0.1, 0.15) is 15.8 Å². The number of H-pyrrole nitrogens is 1. The summed E-state index contributed by atoms with van der Waals surface area (Å²) >= 11 is 12.2. The summed E-state index contributed by atoms with van der Waals surface area (Å²) in [5, 5.41) is 3.08. The average Bonchev–Trinajstić information content (AvgIpc) is 2.89. The molecular weight excluding hydrogens is 347 g/mol. The second-order valence-electron chi connectivity index (χ2n) is 5.26. The maximum Gasteiger partial charge on any atom is 0.218 e. The fourth-order valence-electron chi connectivity index (χ4n) is 2.77. The highest BCUT2D eigenvalue weighted by Crippen LogP contribution is 2.38. The molecule has 0 bridgehead atoms. The van der Waals surface area contributed by atoms with Crippen LogP contribution in [0.5, 0.6) is 0 Å². The van der Waals surface area contributed by atoms with E-state index in [-0.39, 0.29) is 27.9 Å². The Labute approximate surface area is 148 Å². The van der Waals surface area contributed by atoms with E-state index in [1.54, 1.807) is 0 Å². The molecule has 24 heavy (non-hydrogen) atoms. The number of benzene rings is 1. The van der Waals surface area contributed by atoms with Crippen LogP contribution >= 0.6 is 23.2 Å². The lowest BCUT2D eigenvalue weighted by Gasteiger charge is -2.19. The lowest BCUT2D eigenvalue weighted by Crippen LogP contribution is -2.29. The van der Waals surface area contributed by atoms with Crippen molar-refractivity contribution in [2.75, 3.05) is 6.54 Å². The van der Waals surface area contributed by atoms with Gasteiger partial charge >= 0.3 is 0 Å². The van der Waals surface area contributed by atoms with Crippen LogP contribution in [0.3, 0.4) is 0 Å². The Balaban J connectivity index is 2.23. The van der Waals surface area contributed by atoms with Crippen molar-refractivity contribution >= 4 is 51.2 Å². The Kier molecular flexibility index (Phi) is 4.23. The van der Waals surface area contributed by atoms with Crippen LogP contribution in [0.2, 0.25) is 0 Å².